The highest BCUT2D eigenvalue weighted by Crippen LogP contribution is 2.38. The smallest absolute Gasteiger partial charge is 0.207 e. The second-order valence-electron chi connectivity index (χ2n) is 5.82. The van der Waals surface area contributed by atoms with E-state index >= 15 is 0 Å². The van der Waals surface area contributed by atoms with E-state index in [1.807, 2.05) is 0 Å². The maximum absolute atomic E-state index is 12.9. The van der Waals surface area contributed by atoms with Crippen molar-refractivity contribution in [3.8, 4) is 0 Å². The zero-order valence-corrected chi connectivity index (χ0v) is 13.9. The summed E-state index contributed by atoms with van der Waals surface area (Å²) in [6, 6.07) is 7.23. The first-order valence-corrected chi connectivity index (χ1v) is 9.60. The van der Waals surface area contributed by atoms with Gasteiger partial charge in [-0.15, -0.1) is 0 Å². The number of halogens is 1. The summed E-state index contributed by atoms with van der Waals surface area (Å²) in [5.74, 6) is 0.572. The standard InChI is InChI=1S/C15H20BrNO2S/c16-13-7-9-14(10-8-13)20(18,19)17-11-3-5-12-4-1-2-6-15(12)17/h7-10,12,15H,1-6,11H2/t12-,15-/m0/s1. The molecule has 110 valence electrons. The lowest BCUT2D eigenvalue weighted by atomic mass is 9.79. The number of piperidine rings is 1. The number of hydrogen-bond donors (Lipinski definition) is 0. The van der Waals surface area contributed by atoms with Gasteiger partial charge in [-0.25, -0.2) is 8.42 Å². The monoisotopic (exact) mass is 357 g/mol. The summed E-state index contributed by atoms with van der Waals surface area (Å²) in [6.07, 6.45) is 6.83. The van der Waals surface area contributed by atoms with E-state index in [9.17, 15) is 8.42 Å². The van der Waals surface area contributed by atoms with Gasteiger partial charge in [0.05, 0.1) is 4.90 Å². The van der Waals surface area contributed by atoms with Crippen molar-refractivity contribution in [3.05, 3.63) is 28.7 Å². The number of fused-ring (bicyclic) bond motifs is 1. The zero-order valence-electron chi connectivity index (χ0n) is 11.5. The van der Waals surface area contributed by atoms with Crippen molar-refractivity contribution < 1.29 is 8.42 Å². The van der Waals surface area contributed by atoms with Gasteiger partial charge in [0.1, 0.15) is 0 Å². The predicted octanol–water partition coefficient (Wildman–Crippen LogP) is 3.79. The lowest BCUT2D eigenvalue weighted by Gasteiger charge is -2.43. The lowest BCUT2D eigenvalue weighted by molar-refractivity contribution is 0.129. The number of nitrogens with zero attached hydrogens (tertiary/aromatic N) is 1. The SMILES string of the molecule is O=S(=O)(c1ccc(Br)cc1)N1CCC[C@@H]2CCCC[C@@H]21. The Balaban J connectivity index is 1.91. The number of sulfonamides is 1. The normalized spacial score (nSPS) is 28.1. The second-order valence-corrected chi connectivity index (χ2v) is 8.63. The average molecular weight is 358 g/mol. The van der Waals surface area contributed by atoms with Crippen molar-refractivity contribution in [2.75, 3.05) is 6.54 Å². The van der Waals surface area contributed by atoms with Crippen LogP contribution in [0.5, 0.6) is 0 Å². The summed E-state index contributed by atoms with van der Waals surface area (Å²) < 4.78 is 28.4. The fourth-order valence-corrected chi connectivity index (χ4v) is 5.64. The number of hydrogen-bond acceptors (Lipinski definition) is 2. The quantitative estimate of drug-likeness (QED) is 0.807. The maximum Gasteiger partial charge on any atom is 0.243 e. The Morgan fingerprint density at radius 2 is 1.65 bits per heavy atom. The molecule has 0 bridgehead atoms. The topological polar surface area (TPSA) is 37.4 Å². The summed E-state index contributed by atoms with van der Waals surface area (Å²) in [5, 5.41) is 0. The zero-order chi connectivity index (χ0) is 14.2. The van der Waals surface area contributed by atoms with Crippen molar-refractivity contribution in [1.82, 2.24) is 4.31 Å². The minimum atomic E-state index is -3.34. The van der Waals surface area contributed by atoms with Crippen LogP contribution < -0.4 is 0 Å². The third-order valence-electron chi connectivity index (χ3n) is 4.61. The molecule has 0 radical (unpaired) electrons. The Morgan fingerprint density at radius 3 is 2.40 bits per heavy atom. The Labute approximate surface area is 129 Å². The van der Waals surface area contributed by atoms with Gasteiger partial charge < -0.3 is 0 Å². The average Bonchev–Trinajstić information content (AvgIpc) is 2.47. The summed E-state index contributed by atoms with van der Waals surface area (Å²) in [6.45, 7) is 0.680. The minimum Gasteiger partial charge on any atom is -0.207 e. The molecule has 0 aromatic heterocycles. The molecule has 1 saturated carbocycles. The van der Waals surface area contributed by atoms with Crippen molar-refractivity contribution in [1.29, 1.82) is 0 Å². The van der Waals surface area contributed by atoms with E-state index in [0.717, 1.165) is 23.7 Å². The molecule has 0 spiro atoms. The van der Waals surface area contributed by atoms with E-state index in [1.165, 1.54) is 19.3 Å². The summed E-state index contributed by atoms with van der Waals surface area (Å²) >= 11 is 3.36. The van der Waals surface area contributed by atoms with Crippen molar-refractivity contribution in [3.63, 3.8) is 0 Å². The van der Waals surface area contributed by atoms with Crippen molar-refractivity contribution >= 4 is 26.0 Å². The van der Waals surface area contributed by atoms with E-state index < -0.39 is 10.0 Å². The first kappa shape index (κ1) is 14.5. The molecule has 1 aromatic carbocycles. The predicted molar refractivity (Wildman–Crippen MR) is 83.0 cm³/mol. The van der Waals surface area contributed by atoms with E-state index in [1.54, 1.807) is 28.6 Å². The molecule has 1 aromatic rings. The fourth-order valence-electron chi connectivity index (χ4n) is 3.62. The highest BCUT2D eigenvalue weighted by atomic mass is 79.9. The molecule has 1 aliphatic carbocycles. The molecule has 0 unspecified atom stereocenters. The molecule has 0 amide bonds. The van der Waals surface area contributed by atoms with Crippen LogP contribution in [-0.4, -0.2) is 25.3 Å². The minimum absolute atomic E-state index is 0.228. The Bertz CT molecular complexity index is 568. The van der Waals surface area contributed by atoms with Gasteiger partial charge in [-0.05, 0) is 55.9 Å². The lowest BCUT2D eigenvalue weighted by Crippen LogP contribution is -2.49. The molecule has 5 heteroatoms. The molecule has 3 nitrogen and oxygen atoms in total. The molecule has 3 rings (SSSR count). The molecule has 2 fully saturated rings. The molecule has 1 saturated heterocycles. The molecule has 1 heterocycles. The van der Waals surface area contributed by atoms with Crippen molar-refractivity contribution in [2.24, 2.45) is 5.92 Å². The van der Waals surface area contributed by atoms with Crippen LogP contribution in [0, 0.1) is 5.92 Å². The molecule has 1 aliphatic heterocycles. The van der Waals surface area contributed by atoms with Crippen LogP contribution in [0.4, 0.5) is 0 Å². The van der Waals surface area contributed by atoms with Gasteiger partial charge in [-0.3, -0.25) is 0 Å². The molecule has 20 heavy (non-hydrogen) atoms. The highest BCUT2D eigenvalue weighted by molar-refractivity contribution is 9.10. The highest BCUT2D eigenvalue weighted by Gasteiger charge is 2.39. The molecular weight excluding hydrogens is 338 g/mol. The van der Waals surface area contributed by atoms with Crippen LogP contribution >= 0.6 is 15.9 Å². The molecular formula is C15H20BrNO2S. The summed E-state index contributed by atoms with van der Waals surface area (Å²) in [7, 11) is -3.34. The van der Waals surface area contributed by atoms with Gasteiger partial charge in [0.15, 0.2) is 0 Å². The fraction of sp³-hybridized carbons (Fsp3) is 0.600. The van der Waals surface area contributed by atoms with Gasteiger partial charge in [0.2, 0.25) is 10.0 Å². The Hall–Kier alpha value is -0.390. The third-order valence-corrected chi connectivity index (χ3v) is 7.08. The van der Waals surface area contributed by atoms with Crippen LogP contribution in [0.1, 0.15) is 38.5 Å². The first-order chi connectivity index (χ1) is 9.59. The van der Waals surface area contributed by atoms with Crippen LogP contribution in [0.3, 0.4) is 0 Å². The van der Waals surface area contributed by atoms with Crippen molar-refractivity contribution in [2.45, 2.75) is 49.5 Å². The van der Waals surface area contributed by atoms with Crippen LogP contribution in [0.2, 0.25) is 0 Å². The van der Waals surface area contributed by atoms with Gasteiger partial charge in [0.25, 0.3) is 0 Å². The first-order valence-electron chi connectivity index (χ1n) is 7.36. The number of rotatable bonds is 2. The maximum atomic E-state index is 12.9. The number of benzene rings is 1. The van der Waals surface area contributed by atoms with Crippen LogP contribution in [-0.2, 0) is 10.0 Å². The van der Waals surface area contributed by atoms with Gasteiger partial charge >= 0.3 is 0 Å². The van der Waals surface area contributed by atoms with Gasteiger partial charge in [-0.2, -0.15) is 4.31 Å². The largest absolute Gasteiger partial charge is 0.243 e. The van der Waals surface area contributed by atoms with Gasteiger partial charge in [0, 0.05) is 17.1 Å². The van der Waals surface area contributed by atoms with Crippen LogP contribution in [0.15, 0.2) is 33.6 Å². The van der Waals surface area contributed by atoms with Gasteiger partial charge in [-0.1, -0.05) is 28.8 Å². The molecule has 2 aliphatic rings. The van der Waals surface area contributed by atoms with E-state index in [4.69, 9.17) is 0 Å². The Kier molecular flexibility index (Phi) is 4.20. The van der Waals surface area contributed by atoms with E-state index in [0.29, 0.717) is 17.4 Å². The van der Waals surface area contributed by atoms with Crippen LogP contribution in [0.25, 0.3) is 0 Å². The summed E-state index contributed by atoms with van der Waals surface area (Å²) in [4.78, 5) is 0.423. The van der Waals surface area contributed by atoms with E-state index in [2.05, 4.69) is 15.9 Å². The molecule has 2 atom stereocenters. The van der Waals surface area contributed by atoms with E-state index in [-0.39, 0.29) is 6.04 Å². The third kappa shape index (κ3) is 2.68. The summed E-state index contributed by atoms with van der Waals surface area (Å²) in [5.41, 5.74) is 0. The second kappa shape index (κ2) is 5.78. The Morgan fingerprint density at radius 1 is 1.00 bits per heavy atom. The molecule has 0 N–H and O–H groups in total.